The summed E-state index contributed by atoms with van der Waals surface area (Å²) in [6.45, 7) is 2.14. The monoisotopic (exact) mass is 289 g/mol. The van der Waals surface area contributed by atoms with Crippen molar-refractivity contribution in [3.63, 3.8) is 0 Å². The molecule has 0 saturated heterocycles. The van der Waals surface area contributed by atoms with Crippen molar-refractivity contribution < 1.29 is 9.66 Å². The van der Waals surface area contributed by atoms with Crippen molar-refractivity contribution in [3.8, 4) is 11.8 Å². The van der Waals surface area contributed by atoms with Gasteiger partial charge < -0.3 is 10.5 Å². The number of ether oxygens (including phenoxy) is 1. The summed E-state index contributed by atoms with van der Waals surface area (Å²) in [7, 11) is 0. The number of hydrogen-bond donors (Lipinski definition) is 1. The first-order chi connectivity index (χ1) is 9.96. The maximum absolute atomic E-state index is 10.7. The van der Waals surface area contributed by atoms with Gasteiger partial charge in [-0.2, -0.15) is 5.26 Å². The highest BCUT2D eigenvalue weighted by molar-refractivity contribution is 5.44. The maximum atomic E-state index is 10.7. The van der Waals surface area contributed by atoms with Crippen molar-refractivity contribution in [2.75, 3.05) is 6.61 Å². The molecular formula is C15H19N3O3. The number of rotatable bonds is 5. The first-order valence-electron chi connectivity index (χ1n) is 7.04. The third-order valence-corrected chi connectivity index (χ3v) is 4.18. The van der Waals surface area contributed by atoms with Gasteiger partial charge in [0.05, 0.1) is 17.6 Å². The minimum absolute atomic E-state index is 0.0867. The average Bonchev–Trinajstić information content (AvgIpc) is 2.81. The van der Waals surface area contributed by atoms with Gasteiger partial charge in [-0.05, 0) is 44.2 Å². The predicted octanol–water partition coefficient (Wildman–Crippen LogP) is 2.69. The van der Waals surface area contributed by atoms with E-state index in [1.807, 2.05) is 0 Å². The third-order valence-electron chi connectivity index (χ3n) is 4.18. The molecule has 2 N–H and O–H groups in total. The van der Waals surface area contributed by atoms with Crippen LogP contribution >= 0.6 is 0 Å². The van der Waals surface area contributed by atoms with Gasteiger partial charge in [-0.1, -0.05) is 6.42 Å². The van der Waals surface area contributed by atoms with E-state index < -0.39 is 10.5 Å². The van der Waals surface area contributed by atoms with Crippen LogP contribution < -0.4 is 10.5 Å². The standard InChI is InChI=1S/C15H19N3O3/c1-11-9-13(4-5-14(11)18(19)20)21-8-6-12-3-2-7-15(12,17)10-16/h4-5,9,12H,2-3,6-8,17H2,1H3. The van der Waals surface area contributed by atoms with E-state index in [9.17, 15) is 10.1 Å². The second-order valence-electron chi connectivity index (χ2n) is 5.58. The van der Waals surface area contributed by atoms with Gasteiger partial charge in [0.25, 0.3) is 5.69 Å². The number of benzene rings is 1. The van der Waals surface area contributed by atoms with Crippen LogP contribution in [0.15, 0.2) is 18.2 Å². The smallest absolute Gasteiger partial charge is 0.272 e. The van der Waals surface area contributed by atoms with Crippen molar-refractivity contribution in [2.24, 2.45) is 11.7 Å². The first-order valence-corrected chi connectivity index (χ1v) is 7.04. The van der Waals surface area contributed by atoms with Gasteiger partial charge in [-0.25, -0.2) is 0 Å². The van der Waals surface area contributed by atoms with Crippen LogP contribution in [0, 0.1) is 34.3 Å². The van der Waals surface area contributed by atoms with Crippen molar-refractivity contribution in [3.05, 3.63) is 33.9 Å². The van der Waals surface area contributed by atoms with Crippen LogP contribution in [0.3, 0.4) is 0 Å². The normalized spacial score (nSPS) is 24.5. The summed E-state index contributed by atoms with van der Waals surface area (Å²) in [5.41, 5.74) is 6.00. The summed E-state index contributed by atoms with van der Waals surface area (Å²) in [6.07, 6.45) is 3.39. The molecule has 2 atom stereocenters. The Morgan fingerprint density at radius 2 is 2.38 bits per heavy atom. The molecular weight excluding hydrogens is 270 g/mol. The van der Waals surface area contributed by atoms with Gasteiger partial charge in [0.1, 0.15) is 11.3 Å². The molecule has 0 amide bonds. The van der Waals surface area contributed by atoms with E-state index >= 15 is 0 Å². The molecule has 1 aromatic rings. The van der Waals surface area contributed by atoms with E-state index in [0.29, 0.717) is 17.9 Å². The van der Waals surface area contributed by atoms with Crippen LogP contribution in [-0.2, 0) is 0 Å². The highest BCUT2D eigenvalue weighted by atomic mass is 16.6. The second kappa shape index (κ2) is 6.10. The Labute approximate surface area is 123 Å². The molecule has 0 aliphatic heterocycles. The quantitative estimate of drug-likeness (QED) is 0.663. The predicted molar refractivity (Wildman–Crippen MR) is 77.8 cm³/mol. The van der Waals surface area contributed by atoms with Crippen molar-refractivity contribution >= 4 is 5.69 Å². The summed E-state index contributed by atoms with van der Waals surface area (Å²) < 4.78 is 5.63. The molecule has 6 heteroatoms. The van der Waals surface area contributed by atoms with E-state index in [2.05, 4.69) is 6.07 Å². The summed E-state index contributed by atoms with van der Waals surface area (Å²) in [6, 6.07) is 6.92. The fraction of sp³-hybridized carbons (Fsp3) is 0.533. The SMILES string of the molecule is Cc1cc(OCCC2CCCC2(N)C#N)ccc1[N+](=O)[O-]. The molecule has 0 spiro atoms. The average molecular weight is 289 g/mol. The molecule has 2 unspecified atom stereocenters. The van der Waals surface area contributed by atoms with E-state index in [1.165, 1.54) is 6.07 Å². The van der Waals surface area contributed by atoms with E-state index in [-0.39, 0.29) is 11.6 Å². The second-order valence-corrected chi connectivity index (χ2v) is 5.58. The molecule has 2 rings (SSSR count). The zero-order valence-corrected chi connectivity index (χ0v) is 12.0. The molecule has 112 valence electrons. The minimum Gasteiger partial charge on any atom is -0.494 e. The molecule has 1 fully saturated rings. The highest BCUT2D eigenvalue weighted by Gasteiger charge is 2.39. The van der Waals surface area contributed by atoms with Crippen LogP contribution in [0.2, 0.25) is 0 Å². The van der Waals surface area contributed by atoms with Crippen LogP contribution in [0.4, 0.5) is 5.69 Å². The molecule has 21 heavy (non-hydrogen) atoms. The topological polar surface area (TPSA) is 102 Å². The summed E-state index contributed by atoms with van der Waals surface area (Å²) in [5, 5.41) is 19.9. The van der Waals surface area contributed by atoms with Crippen LogP contribution in [0.5, 0.6) is 5.75 Å². The number of aryl methyl sites for hydroxylation is 1. The highest BCUT2D eigenvalue weighted by Crippen LogP contribution is 2.35. The summed E-state index contributed by atoms with van der Waals surface area (Å²) >= 11 is 0. The van der Waals surface area contributed by atoms with Crippen LogP contribution in [0.25, 0.3) is 0 Å². The molecule has 1 aromatic carbocycles. The van der Waals surface area contributed by atoms with Gasteiger partial charge in [-0.3, -0.25) is 10.1 Å². The van der Waals surface area contributed by atoms with E-state index in [4.69, 9.17) is 15.7 Å². The third kappa shape index (κ3) is 3.31. The molecule has 1 saturated carbocycles. The number of nitrogens with zero attached hydrogens (tertiary/aromatic N) is 2. The lowest BCUT2D eigenvalue weighted by Crippen LogP contribution is -2.42. The first kappa shape index (κ1) is 15.3. The lowest BCUT2D eigenvalue weighted by molar-refractivity contribution is -0.385. The molecule has 6 nitrogen and oxygen atoms in total. The molecule has 0 radical (unpaired) electrons. The van der Waals surface area contributed by atoms with Gasteiger partial charge >= 0.3 is 0 Å². The largest absolute Gasteiger partial charge is 0.494 e. The number of nitriles is 1. The van der Waals surface area contributed by atoms with Crippen molar-refractivity contribution in [1.82, 2.24) is 0 Å². The Morgan fingerprint density at radius 3 is 3.00 bits per heavy atom. The van der Waals surface area contributed by atoms with Crippen LogP contribution in [0.1, 0.15) is 31.2 Å². The number of nitro benzene ring substituents is 1. The summed E-state index contributed by atoms with van der Waals surface area (Å²) in [4.78, 5) is 10.3. The Bertz CT molecular complexity index is 582. The molecule has 0 bridgehead atoms. The summed E-state index contributed by atoms with van der Waals surface area (Å²) in [5.74, 6) is 0.761. The van der Waals surface area contributed by atoms with E-state index in [0.717, 1.165) is 25.7 Å². The van der Waals surface area contributed by atoms with Crippen LogP contribution in [-0.4, -0.2) is 17.1 Å². The zero-order valence-electron chi connectivity index (χ0n) is 12.0. The Kier molecular flexibility index (Phi) is 4.43. The number of hydrogen-bond acceptors (Lipinski definition) is 5. The fourth-order valence-corrected chi connectivity index (χ4v) is 2.89. The molecule has 0 heterocycles. The number of nitro groups is 1. The van der Waals surface area contributed by atoms with Gasteiger partial charge in [-0.15, -0.1) is 0 Å². The minimum atomic E-state index is -0.727. The molecule has 1 aliphatic rings. The Hall–Kier alpha value is -2.13. The fourth-order valence-electron chi connectivity index (χ4n) is 2.89. The van der Waals surface area contributed by atoms with Gasteiger partial charge in [0.2, 0.25) is 0 Å². The molecule has 1 aliphatic carbocycles. The number of nitrogens with two attached hydrogens (primary N) is 1. The van der Waals surface area contributed by atoms with Crippen molar-refractivity contribution in [1.29, 1.82) is 5.26 Å². The van der Waals surface area contributed by atoms with Gasteiger partial charge in [0, 0.05) is 11.6 Å². The Balaban J connectivity index is 1.91. The lowest BCUT2D eigenvalue weighted by atomic mass is 9.87. The molecule has 0 aromatic heterocycles. The maximum Gasteiger partial charge on any atom is 0.272 e. The van der Waals surface area contributed by atoms with Gasteiger partial charge in [0.15, 0.2) is 0 Å². The zero-order chi connectivity index (χ0) is 15.5. The lowest BCUT2D eigenvalue weighted by Gasteiger charge is -2.23. The Morgan fingerprint density at radius 1 is 1.62 bits per heavy atom. The van der Waals surface area contributed by atoms with Crippen molar-refractivity contribution in [2.45, 2.75) is 38.1 Å². The van der Waals surface area contributed by atoms with E-state index in [1.54, 1.807) is 19.1 Å².